The summed E-state index contributed by atoms with van der Waals surface area (Å²) in [6.07, 6.45) is -2.35. The molecular formula is C19H22F3NO3. The fourth-order valence-electron chi connectivity index (χ4n) is 4.56. The number of nitrogens with zero attached hydrogens (tertiary/aromatic N) is 1. The molecular weight excluding hydrogens is 347 g/mol. The van der Waals surface area contributed by atoms with Gasteiger partial charge in [-0.25, -0.2) is 0 Å². The van der Waals surface area contributed by atoms with E-state index < -0.39 is 29.1 Å². The van der Waals surface area contributed by atoms with Crippen LogP contribution in [0.1, 0.15) is 55.5 Å². The number of amides is 1. The van der Waals surface area contributed by atoms with Crippen molar-refractivity contribution in [3.05, 3.63) is 35.4 Å². The number of rotatable bonds is 4. The van der Waals surface area contributed by atoms with E-state index in [9.17, 15) is 22.8 Å². The second kappa shape index (κ2) is 6.59. The fourth-order valence-corrected chi connectivity index (χ4v) is 4.56. The van der Waals surface area contributed by atoms with Gasteiger partial charge in [0.25, 0.3) is 5.91 Å². The van der Waals surface area contributed by atoms with Crippen LogP contribution in [0.25, 0.3) is 0 Å². The molecule has 2 heterocycles. The number of alkyl halides is 3. The van der Waals surface area contributed by atoms with Crippen LogP contribution in [0.15, 0.2) is 24.3 Å². The third-order valence-corrected chi connectivity index (χ3v) is 5.75. The third-order valence-electron chi connectivity index (χ3n) is 5.75. The molecule has 0 aromatic heterocycles. The third kappa shape index (κ3) is 2.77. The Kier molecular flexibility index (Phi) is 4.75. The lowest BCUT2D eigenvalue weighted by atomic mass is 9.72. The van der Waals surface area contributed by atoms with Gasteiger partial charge in [-0.05, 0) is 44.7 Å². The maximum absolute atomic E-state index is 13.3. The van der Waals surface area contributed by atoms with Crippen LogP contribution < -0.4 is 0 Å². The Hall–Kier alpha value is -2.05. The highest BCUT2D eigenvalue weighted by atomic mass is 19.4. The van der Waals surface area contributed by atoms with Crippen molar-refractivity contribution in [2.45, 2.75) is 57.8 Å². The maximum atomic E-state index is 13.3. The van der Waals surface area contributed by atoms with Gasteiger partial charge in [-0.1, -0.05) is 19.1 Å². The summed E-state index contributed by atoms with van der Waals surface area (Å²) in [5, 5.41) is 0. The summed E-state index contributed by atoms with van der Waals surface area (Å²) in [7, 11) is 0. The molecule has 2 bridgehead atoms. The molecule has 0 saturated carbocycles. The lowest BCUT2D eigenvalue weighted by molar-refractivity contribution is -0.157. The van der Waals surface area contributed by atoms with Crippen LogP contribution in [-0.2, 0) is 15.7 Å². The SMILES string of the molecule is CCOC(=O)[C@@]1(CC)C[C@H]2CC[C@@H]1N2C(=O)c1ccccc1C(F)(F)F. The van der Waals surface area contributed by atoms with E-state index in [0.717, 1.165) is 6.07 Å². The van der Waals surface area contributed by atoms with Crippen LogP contribution in [0.4, 0.5) is 13.2 Å². The number of ether oxygens (including phenoxy) is 1. The molecule has 26 heavy (non-hydrogen) atoms. The predicted molar refractivity (Wildman–Crippen MR) is 88.4 cm³/mol. The van der Waals surface area contributed by atoms with E-state index in [-0.39, 0.29) is 24.2 Å². The van der Waals surface area contributed by atoms with Crippen molar-refractivity contribution in [1.82, 2.24) is 4.90 Å². The van der Waals surface area contributed by atoms with Crippen LogP contribution in [0.2, 0.25) is 0 Å². The standard InChI is InChI=1S/C19H22F3NO3/c1-3-18(17(25)26-4-2)11-12-9-10-15(18)23(12)16(24)13-7-5-6-8-14(13)19(20,21)22/h5-8,12,15H,3-4,9-11H2,1-2H3/t12-,15+,18+/m1/s1. The van der Waals surface area contributed by atoms with Gasteiger partial charge in [0.1, 0.15) is 0 Å². The average Bonchev–Trinajstić information content (AvgIpc) is 3.17. The molecule has 1 amide bonds. The number of carbonyl (C=O) groups excluding carboxylic acids is 2. The summed E-state index contributed by atoms with van der Waals surface area (Å²) in [5.41, 5.74) is -2.11. The van der Waals surface area contributed by atoms with Crippen LogP contribution in [0.3, 0.4) is 0 Å². The van der Waals surface area contributed by atoms with Crippen LogP contribution in [0, 0.1) is 5.41 Å². The molecule has 1 aromatic carbocycles. The number of hydrogen-bond acceptors (Lipinski definition) is 3. The first-order valence-electron chi connectivity index (χ1n) is 8.92. The molecule has 0 N–H and O–H groups in total. The van der Waals surface area contributed by atoms with E-state index in [0.29, 0.717) is 25.7 Å². The molecule has 7 heteroatoms. The Labute approximate surface area is 150 Å². The number of carbonyl (C=O) groups is 2. The number of hydrogen-bond donors (Lipinski definition) is 0. The molecule has 0 aliphatic carbocycles. The molecule has 4 nitrogen and oxygen atoms in total. The van der Waals surface area contributed by atoms with Crippen LogP contribution in [-0.4, -0.2) is 35.5 Å². The molecule has 3 atom stereocenters. The molecule has 2 aliphatic heterocycles. The Morgan fingerprint density at radius 2 is 1.92 bits per heavy atom. The molecule has 3 rings (SSSR count). The summed E-state index contributed by atoms with van der Waals surface area (Å²) in [6.45, 7) is 3.82. The Bertz CT molecular complexity index is 718. The molecule has 2 fully saturated rings. The minimum atomic E-state index is -4.60. The number of halogens is 3. The number of benzene rings is 1. The van der Waals surface area contributed by atoms with Crippen molar-refractivity contribution in [3.63, 3.8) is 0 Å². The molecule has 142 valence electrons. The van der Waals surface area contributed by atoms with Gasteiger partial charge < -0.3 is 9.64 Å². The van der Waals surface area contributed by atoms with E-state index in [1.807, 2.05) is 6.92 Å². The highest BCUT2D eigenvalue weighted by Gasteiger charge is 2.61. The van der Waals surface area contributed by atoms with E-state index in [1.54, 1.807) is 6.92 Å². The minimum absolute atomic E-state index is 0.224. The summed E-state index contributed by atoms with van der Waals surface area (Å²) in [5.74, 6) is -0.998. The summed E-state index contributed by atoms with van der Waals surface area (Å²) >= 11 is 0. The monoisotopic (exact) mass is 369 g/mol. The average molecular weight is 369 g/mol. The van der Waals surface area contributed by atoms with Crippen LogP contribution >= 0.6 is 0 Å². The molecule has 0 spiro atoms. The summed E-state index contributed by atoms with van der Waals surface area (Å²) in [6, 6.07) is 4.19. The van der Waals surface area contributed by atoms with Gasteiger partial charge in [0.05, 0.1) is 23.1 Å². The van der Waals surface area contributed by atoms with Gasteiger partial charge in [-0.2, -0.15) is 13.2 Å². The first kappa shape index (κ1) is 18.7. The van der Waals surface area contributed by atoms with E-state index in [4.69, 9.17) is 4.74 Å². The Morgan fingerprint density at radius 3 is 2.54 bits per heavy atom. The number of fused-ring (bicyclic) bond motifs is 2. The first-order chi connectivity index (χ1) is 12.3. The first-order valence-corrected chi connectivity index (χ1v) is 8.92. The van der Waals surface area contributed by atoms with Gasteiger partial charge in [-0.15, -0.1) is 0 Å². The fraction of sp³-hybridized carbons (Fsp3) is 0.579. The highest BCUT2D eigenvalue weighted by molar-refractivity contribution is 5.97. The van der Waals surface area contributed by atoms with E-state index >= 15 is 0 Å². The van der Waals surface area contributed by atoms with Crippen molar-refractivity contribution in [3.8, 4) is 0 Å². The Morgan fingerprint density at radius 1 is 1.23 bits per heavy atom. The van der Waals surface area contributed by atoms with Crippen LogP contribution in [0.5, 0.6) is 0 Å². The normalized spacial score (nSPS) is 27.7. The summed E-state index contributed by atoms with van der Waals surface area (Å²) in [4.78, 5) is 27.1. The smallest absolute Gasteiger partial charge is 0.417 e. The molecule has 0 radical (unpaired) electrons. The lowest BCUT2D eigenvalue weighted by Gasteiger charge is -2.34. The molecule has 2 aliphatic rings. The molecule has 0 unspecified atom stereocenters. The molecule has 1 aromatic rings. The lowest BCUT2D eigenvalue weighted by Crippen LogP contribution is -2.45. The quantitative estimate of drug-likeness (QED) is 0.753. The predicted octanol–water partition coefficient (Wildman–Crippen LogP) is 4.04. The van der Waals surface area contributed by atoms with E-state index in [1.165, 1.54) is 23.1 Å². The minimum Gasteiger partial charge on any atom is -0.466 e. The van der Waals surface area contributed by atoms with Crippen molar-refractivity contribution >= 4 is 11.9 Å². The number of esters is 1. The van der Waals surface area contributed by atoms with Crippen molar-refractivity contribution in [1.29, 1.82) is 0 Å². The van der Waals surface area contributed by atoms with Crippen molar-refractivity contribution in [2.24, 2.45) is 5.41 Å². The van der Waals surface area contributed by atoms with E-state index in [2.05, 4.69) is 0 Å². The maximum Gasteiger partial charge on any atom is 0.417 e. The van der Waals surface area contributed by atoms with Crippen molar-refractivity contribution < 1.29 is 27.5 Å². The van der Waals surface area contributed by atoms with Gasteiger partial charge in [0.2, 0.25) is 0 Å². The Balaban J connectivity index is 1.97. The second-order valence-electron chi connectivity index (χ2n) is 6.94. The topological polar surface area (TPSA) is 46.6 Å². The van der Waals surface area contributed by atoms with Gasteiger partial charge in [-0.3, -0.25) is 9.59 Å². The zero-order chi connectivity index (χ0) is 19.1. The largest absolute Gasteiger partial charge is 0.466 e. The summed E-state index contributed by atoms with van der Waals surface area (Å²) < 4.78 is 45.2. The molecule has 2 saturated heterocycles. The second-order valence-corrected chi connectivity index (χ2v) is 6.94. The highest BCUT2D eigenvalue weighted by Crippen LogP contribution is 2.53. The van der Waals surface area contributed by atoms with Crippen molar-refractivity contribution in [2.75, 3.05) is 6.61 Å². The van der Waals surface area contributed by atoms with Gasteiger partial charge in [0, 0.05) is 12.1 Å². The van der Waals surface area contributed by atoms with Gasteiger partial charge >= 0.3 is 12.1 Å². The van der Waals surface area contributed by atoms with Gasteiger partial charge in [0.15, 0.2) is 0 Å². The zero-order valence-corrected chi connectivity index (χ0v) is 14.8. The zero-order valence-electron chi connectivity index (χ0n) is 14.8.